The van der Waals surface area contributed by atoms with Gasteiger partial charge in [0.2, 0.25) is 0 Å². The quantitative estimate of drug-likeness (QED) is 0.596. The van der Waals surface area contributed by atoms with E-state index in [0.29, 0.717) is 22.7 Å². The van der Waals surface area contributed by atoms with E-state index in [-0.39, 0.29) is 5.82 Å². The van der Waals surface area contributed by atoms with Crippen LogP contribution in [0.1, 0.15) is 20.3 Å². The number of rotatable bonds is 7. The summed E-state index contributed by atoms with van der Waals surface area (Å²) in [5, 5.41) is 3.17. The van der Waals surface area contributed by atoms with E-state index in [4.69, 9.17) is 10.5 Å². The number of halogens is 2. The van der Waals surface area contributed by atoms with Gasteiger partial charge in [0.1, 0.15) is 5.82 Å². The van der Waals surface area contributed by atoms with Crippen LogP contribution in [0.25, 0.3) is 0 Å². The number of ether oxygens (including phenoxy) is 1. The summed E-state index contributed by atoms with van der Waals surface area (Å²) >= 11 is 3.13. The predicted molar refractivity (Wildman–Crippen MR) is 77.3 cm³/mol. The van der Waals surface area contributed by atoms with Crippen LogP contribution in [-0.2, 0) is 4.74 Å². The van der Waals surface area contributed by atoms with Crippen molar-refractivity contribution in [3.63, 3.8) is 0 Å². The highest BCUT2D eigenvalue weighted by Gasteiger charge is 2.05. The van der Waals surface area contributed by atoms with Crippen molar-refractivity contribution in [3.8, 4) is 0 Å². The van der Waals surface area contributed by atoms with Gasteiger partial charge in [-0.2, -0.15) is 0 Å². The fourth-order valence-corrected chi connectivity index (χ4v) is 1.78. The first-order valence-corrected chi connectivity index (χ1v) is 6.86. The normalized spacial score (nSPS) is 10.9. The monoisotopic (exact) mass is 318 g/mol. The minimum Gasteiger partial charge on any atom is -0.397 e. The Morgan fingerprint density at radius 1 is 1.44 bits per heavy atom. The second-order valence-corrected chi connectivity index (χ2v) is 5.46. The zero-order valence-corrected chi connectivity index (χ0v) is 12.4. The fraction of sp³-hybridized carbons (Fsp3) is 0.538. The third-order valence-electron chi connectivity index (χ3n) is 2.32. The maximum absolute atomic E-state index is 13.1. The maximum atomic E-state index is 13.1. The molecule has 18 heavy (non-hydrogen) atoms. The largest absolute Gasteiger partial charge is 0.397 e. The Kier molecular flexibility index (Phi) is 6.43. The van der Waals surface area contributed by atoms with Crippen LogP contribution in [0.15, 0.2) is 16.6 Å². The highest BCUT2D eigenvalue weighted by molar-refractivity contribution is 9.10. The first-order valence-electron chi connectivity index (χ1n) is 6.07. The molecule has 0 saturated heterocycles. The van der Waals surface area contributed by atoms with Crippen molar-refractivity contribution in [2.75, 3.05) is 30.8 Å². The molecular weight excluding hydrogens is 299 g/mol. The van der Waals surface area contributed by atoms with Crippen molar-refractivity contribution in [3.05, 3.63) is 22.4 Å². The molecule has 0 spiro atoms. The molecular formula is C13H20BrFN2O. The number of hydrogen-bond donors (Lipinski definition) is 2. The van der Waals surface area contributed by atoms with Gasteiger partial charge >= 0.3 is 0 Å². The number of benzene rings is 1. The molecule has 5 heteroatoms. The summed E-state index contributed by atoms with van der Waals surface area (Å²) in [6.45, 7) is 6.49. The van der Waals surface area contributed by atoms with Gasteiger partial charge < -0.3 is 15.8 Å². The lowest BCUT2D eigenvalue weighted by Crippen LogP contribution is -2.09. The molecule has 3 N–H and O–H groups in total. The van der Waals surface area contributed by atoms with Gasteiger partial charge in [-0.3, -0.25) is 0 Å². The predicted octanol–water partition coefficient (Wildman–Crippen LogP) is 3.65. The smallest absolute Gasteiger partial charge is 0.139 e. The summed E-state index contributed by atoms with van der Waals surface area (Å²) in [5.74, 6) is 0.208. The number of nitrogens with one attached hydrogen (secondary N) is 1. The first-order chi connectivity index (χ1) is 8.50. The molecule has 3 nitrogen and oxygen atoms in total. The summed E-state index contributed by atoms with van der Waals surface area (Å²) in [7, 11) is 0. The lowest BCUT2D eigenvalue weighted by molar-refractivity contribution is 0.110. The SMILES string of the molecule is CC(C)COCCCNc1cc(Br)c(F)cc1N. The molecule has 1 rings (SSSR count). The molecule has 0 amide bonds. The highest BCUT2D eigenvalue weighted by Crippen LogP contribution is 2.26. The molecule has 0 bridgehead atoms. The van der Waals surface area contributed by atoms with Crippen LogP contribution in [0.2, 0.25) is 0 Å². The van der Waals surface area contributed by atoms with Crippen LogP contribution in [0.5, 0.6) is 0 Å². The van der Waals surface area contributed by atoms with Crippen LogP contribution >= 0.6 is 15.9 Å². The Morgan fingerprint density at radius 3 is 2.83 bits per heavy atom. The molecule has 1 aromatic carbocycles. The molecule has 0 unspecified atom stereocenters. The van der Waals surface area contributed by atoms with E-state index >= 15 is 0 Å². The van der Waals surface area contributed by atoms with Crippen molar-refractivity contribution in [2.24, 2.45) is 5.92 Å². The standard InChI is InChI=1S/C13H20BrFN2O/c1-9(2)8-18-5-3-4-17-13-6-10(14)11(15)7-12(13)16/h6-7,9,17H,3-5,8,16H2,1-2H3. The molecule has 0 heterocycles. The summed E-state index contributed by atoms with van der Waals surface area (Å²) in [4.78, 5) is 0. The van der Waals surface area contributed by atoms with Crippen LogP contribution in [-0.4, -0.2) is 19.8 Å². The fourth-order valence-electron chi connectivity index (χ4n) is 1.43. The lowest BCUT2D eigenvalue weighted by Gasteiger charge is -2.11. The van der Waals surface area contributed by atoms with E-state index in [2.05, 4.69) is 35.1 Å². The summed E-state index contributed by atoms with van der Waals surface area (Å²) in [6.07, 6.45) is 0.890. The molecule has 102 valence electrons. The van der Waals surface area contributed by atoms with Gasteiger partial charge in [-0.05, 0) is 34.3 Å². The summed E-state index contributed by atoms with van der Waals surface area (Å²) < 4.78 is 19.0. The van der Waals surface area contributed by atoms with Crippen molar-refractivity contribution in [2.45, 2.75) is 20.3 Å². The van der Waals surface area contributed by atoms with Crippen LogP contribution in [0.3, 0.4) is 0 Å². The van der Waals surface area contributed by atoms with E-state index in [0.717, 1.165) is 25.3 Å². The average molecular weight is 319 g/mol. The van der Waals surface area contributed by atoms with Crippen LogP contribution in [0, 0.1) is 11.7 Å². The van der Waals surface area contributed by atoms with Crippen LogP contribution < -0.4 is 11.1 Å². The van der Waals surface area contributed by atoms with E-state index in [1.807, 2.05) is 0 Å². The van der Waals surface area contributed by atoms with Crippen molar-refractivity contribution >= 4 is 27.3 Å². The van der Waals surface area contributed by atoms with Gasteiger partial charge in [-0.15, -0.1) is 0 Å². The topological polar surface area (TPSA) is 47.3 Å². The van der Waals surface area contributed by atoms with Gasteiger partial charge in [0.05, 0.1) is 15.8 Å². The Morgan fingerprint density at radius 2 is 2.17 bits per heavy atom. The summed E-state index contributed by atoms with van der Waals surface area (Å²) in [6, 6.07) is 2.96. The van der Waals surface area contributed by atoms with Gasteiger partial charge in [0.25, 0.3) is 0 Å². The summed E-state index contributed by atoms with van der Waals surface area (Å²) in [5.41, 5.74) is 6.87. The van der Waals surface area contributed by atoms with E-state index < -0.39 is 0 Å². The Balaban J connectivity index is 2.29. The lowest BCUT2D eigenvalue weighted by atomic mass is 10.2. The third kappa shape index (κ3) is 5.23. The molecule has 0 saturated carbocycles. The second kappa shape index (κ2) is 7.59. The maximum Gasteiger partial charge on any atom is 0.139 e. The van der Waals surface area contributed by atoms with E-state index in [1.54, 1.807) is 6.07 Å². The average Bonchev–Trinajstić information content (AvgIpc) is 2.29. The van der Waals surface area contributed by atoms with E-state index in [9.17, 15) is 4.39 Å². The molecule has 0 fully saturated rings. The molecule has 0 aromatic heterocycles. The van der Waals surface area contributed by atoms with Crippen molar-refractivity contribution in [1.29, 1.82) is 0 Å². The second-order valence-electron chi connectivity index (χ2n) is 4.60. The minimum absolute atomic E-state index is 0.349. The van der Waals surface area contributed by atoms with Crippen molar-refractivity contribution in [1.82, 2.24) is 0 Å². The number of nitrogens with two attached hydrogens (primary N) is 1. The zero-order chi connectivity index (χ0) is 13.5. The van der Waals surface area contributed by atoms with Gasteiger partial charge in [0, 0.05) is 25.8 Å². The molecule has 0 radical (unpaired) electrons. The Hall–Kier alpha value is -0.810. The molecule has 0 aliphatic heterocycles. The number of hydrogen-bond acceptors (Lipinski definition) is 3. The zero-order valence-electron chi connectivity index (χ0n) is 10.8. The van der Waals surface area contributed by atoms with Gasteiger partial charge in [-0.1, -0.05) is 13.8 Å². The number of anilines is 2. The van der Waals surface area contributed by atoms with Gasteiger partial charge in [0.15, 0.2) is 0 Å². The van der Waals surface area contributed by atoms with Crippen molar-refractivity contribution < 1.29 is 9.13 Å². The molecule has 0 aliphatic rings. The number of nitrogen functional groups attached to an aromatic ring is 1. The van der Waals surface area contributed by atoms with Gasteiger partial charge in [-0.25, -0.2) is 4.39 Å². The molecule has 0 atom stereocenters. The Labute approximate surface area is 116 Å². The third-order valence-corrected chi connectivity index (χ3v) is 2.93. The molecule has 0 aliphatic carbocycles. The highest BCUT2D eigenvalue weighted by atomic mass is 79.9. The van der Waals surface area contributed by atoms with E-state index in [1.165, 1.54) is 6.07 Å². The Bertz CT molecular complexity index is 385. The minimum atomic E-state index is -0.349. The first kappa shape index (κ1) is 15.2. The molecule has 1 aromatic rings. The van der Waals surface area contributed by atoms with Crippen LogP contribution in [0.4, 0.5) is 15.8 Å².